The highest BCUT2D eigenvalue weighted by Crippen LogP contribution is 2.19. The van der Waals surface area contributed by atoms with Gasteiger partial charge in [-0.2, -0.15) is 0 Å². The molecule has 2 aliphatic rings. The Labute approximate surface area is 133 Å². The highest BCUT2D eigenvalue weighted by atomic mass is 16.5. The number of carbonyl (C=O) groups is 2. The number of likely N-dealkylation sites (N-methyl/N-ethyl adjacent to an activating group) is 1. The first-order chi connectivity index (χ1) is 10.7. The lowest BCUT2D eigenvalue weighted by atomic mass is 10.0. The molecule has 22 heavy (non-hydrogen) atoms. The maximum Gasteiger partial charge on any atom is 0.240 e. The van der Waals surface area contributed by atoms with Crippen LogP contribution in [0.5, 0.6) is 0 Å². The van der Waals surface area contributed by atoms with Crippen LogP contribution in [0.15, 0.2) is 0 Å². The summed E-state index contributed by atoms with van der Waals surface area (Å²) in [6.45, 7) is 9.24. The maximum atomic E-state index is 12.8. The number of likely N-dealkylation sites (tertiary alicyclic amines) is 1. The van der Waals surface area contributed by atoms with Crippen LogP contribution in [0.1, 0.15) is 33.1 Å². The van der Waals surface area contributed by atoms with Crippen molar-refractivity contribution in [2.24, 2.45) is 0 Å². The van der Waals surface area contributed by atoms with Gasteiger partial charge in [-0.3, -0.25) is 14.5 Å². The summed E-state index contributed by atoms with van der Waals surface area (Å²) in [5.41, 5.74) is 0. The summed E-state index contributed by atoms with van der Waals surface area (Å²) in [5.74, 6) is 0.307. The molecular formula is C16H29N3O3. The number of carbonyl (C=O) groups excluding carboxylic acids is 2. The second kappa shape index (κ2) is 8.48. The minimum atomic E-state index is -0.133. The highest BCUT2D eigenvalue weighted by Gasteiger charge is 2.33. The molecule has 2 aliphatic heterocycles. The molecule has 126 valence electrons. The molecule has 2 rings (SSSR count). The topological polar surface area (TPSA) is 53.1 Å². The van der Waals surface area contributed by atoms with Crippen LogP contribution in [-0.4, -0.2) is 85.0 Å². The van der Waals surface area contributed by atoms with Gasteiger partial charge in [-0.25, -0.2) is 0 Å². The quantitative estimate of drug-likeness (QED) is 0.745. The third kappa shape index (κ3) is 4.20. The van der Waals surface area contributed by atoms with Crippen molar-refractivity contribution in [2.75, 3.05) is 52.5 Å². The van der Waals surface area contributed by atoms with Crippen molar-refractivity contribution in [3.05, 3.63) is 0 Å². The van der Waals surface area contributed by atoms with E-state index in [0.717, 1.165) is 38.9 Å². The number of rotatable bonds is 5. The van der Waals surface area contributed by atoms with E-state index in [0.29, 0.717) is 32.8 Å². The van der Waals surface area contributed by atoms with Crippen molar-refractivity contribution < 1.29 is 14.3 Å². The molecule has 1 unspecified atom stereocenters. The van der Waals surface area contributed by atoms with Gasteiger partial charge < -0.3 is 14.5 Å². The number of amides is 2. The van der Waals surface area contributed by atoms with Gasteiger partial charge in [0.1, 0.15) is 0 Å². The monoisotopic (exact) mass is 311 g/mol. The molecule has 6 heteroatoms. The number of nitrogens with zero attached hydrogens (tertiary/aromatic N) is 3. The minimum Gasteiger partial charge on any atom is -0.378 e. The molecule has 2 fully saturated rings. The van der Waals surface area contributed by atoms with Gasteiger partial charge >= 0.3 is 0 Å². The molecule has 2 heterocycles. The lowest BCUT2D eigenvalue weighted by molar-refractivity contribution is -0.144. The minimum absolute atomic E-state index is 0.131. The molecule has 0 aliphatic carbocycles. The smallest absolute Gasteiger partial charge is 0.240 e. The number of ether oxygens (including phenoxy) is 1. The van der Waals surface area contributed by atoms with Crippen LogP contribution in [0.25, 0.3) is 0 Å². The van der Waals surface area contributed by atoms with Gasteiger partial charge in [0.25, 0.3) is 0 Å². The van der Waals surface area contributed by atoms with Crippen molar-refractivity contribution >= 4 is 11.8 Å². The lowest BCUT2D eigenvalue weighted by Crippen LogP contribution is -2.55. The van der Waals surface area contributed by atoms with Gasteiger partial charge in [0.2, 0.25) is 11.8 Å². The predicted octanol–water partition coefficient (Wildman–Crippen LogP) is 0.568. The number of morpholine rings is 1. The molecule has 0 aromatic rings. The number of hydrogen-bond acceptors (Lipinski definition) is 4. The van der Waals surface area contributed by atoms with Gasteiger partial charge in [0.05, 0.1) is 25.8 Å². The Bertz CT molecular complexity index is 379. The van der Waals surface area contributed by atoms with Crippen molar-refractivity contribution in [3.63, 3.8) is 0 Å². The molecule has 0 saturated carbocycles. The van der Waals surface area contributed by atoms with Gasteiger partial charge in [-0.1, -0.05) is 6.42 Å². The van der Waals surface area contributed by atoms with Crippen LogP contribution in [0.2, 0.25) is 0 Å². The second-order valence-electron chi connectivity index (χ2n) is 5.99. The molecule has 0 bridgehead atoms. The van der Waals surface area contributed by atoms with E-state index in [9.17, 15) is 9.59 Å². The van der Waals surface area contributed by atoms with Crippen LogP contribution >= 0.6 is 0 Å². The van der Waals surface area contributed by atoms with Crippen LogP contribution in [-0.2, 0) is 14.3 Å². The molecule has 0 spiro atoms. The van der Waals surface area contributed by atoms with E-state index < -0.39 is 0 Å². The third-order valence-electron chi connectivity index (χ3n) is 4.68. The highest BCUT2D eigenvalue weighted by molar-refractivity contribution is 5.84. The van der Waals surface area contributed by atoms with E-state index in [1.54, 1.807) is 0 Å². The molecule has 2 amide bonds. The van der Waals surface area contributed by atoms with Gasteiger partial charge in [-0.15, -0.1) is 0 Å². The summed E-state index contributed by atoms with van der Waals surface area (Å²) in [5, 5.41) is 0. The number of piperidine rings is 1. The van der Waals surface area contributed by atoms with E-state index in [4.69, 9.17) is 4.74 Å². The van der Waals surface area contributed by atoms with E-state index in [1.807, 2.05) is 23.6 Å². The third-order valence-corrected chi connectivity index (χ3v) is 4.68. The molecule has 0 aromatic carbocycles. The van der Waals surface area contributed by atoms with E-state index >= 15 is 0 Å². The summed E-state index contributed by atoms with van der Waals surface area (Å²) in [7, 11) is 0. The molecule has 0 radical (unpaired) electrons. The summed E-state index contributed by atoms with van der Waals surface area (Å²) >= 11 is 0. The summed E-state index contributed by atoms with van der Waals surface area (Å²) < 4.78 is 5.32. The Morgan fingerprint density at radius 2 is 1.77 bits per heavy atom. The first kappa shape index (κ1) is 17.2. The van der Waals surface area contributed by atoms with E-state index in [-0.39, 0.29) is 17.9 Å². The van der Waals surface area contributed by atoms with Crippen LogP contribution < -0.4 is 0 Å². The fourth-order valence-electron chi connectivity index (χ4n) is 3.30. The summed E-state index contributed by atoms with van der Waals surface area (Å²) in [4.78, 5) is 30.9. The average Bonchev–Trinajstić information content (AvgIpc) is 2.56. The molecular weight excluding hydrogens is 282 g/mol. The fourth-order valence-corrected chi connectivity index (χ4v) is 3.30. The summed E-state index contributed by atoms with van der Waals surface area (Å²) in [6, 6.07) is -0.133. The molecule has 1 atom stereocenters. The van der Waals surface area contributed by atoms with Gasteiger partial charge in [0.15, 0.2) is 0 Å². The van der Waals surface area contributed by atoms with Crippen molar-refractivity contribution in [3.8, 4) is 0 Å². The largest absolute Gasteiger partial charge is 0.378 e. The van der Waals surface area contributed by atoms with E-state index in [1.165, 1.54) is 0 Å². The summed E-state index contributed by atoms with van der Waals surface area (Å²) in [6.07, 6.45) is 3.00. The molecule has 2 saturated heterocycles. The van der Waals surface area contributed by atoms with Crippen LogP contribution in [0, 0.1) is 0 Å². The Kier molecular flexibility index (Phi) is 6.64. The van der Waals surface area contributed by atoms with Crippen molar-refractivity contribution in [2.45, 2.75) is 39.2 Å². The lowest BCUT2D eigenvalue weighted by Gasteiger charge is -2.39. The zero-order valence-corrected chi connectivity index (χ0v) is 13.9. The Balaban J connectivity index is 1.98. The molecule has 0 N–H and O–H groups in total. The zero-order chi connectivity index (χ0) is 15.9. The number of hydrogen-bond donors (Lipinski definition) is 0. The standard InChI is InChI=1S/C16H29N3O3/c1-3-17(4-2)15(20)13-19-8-6-5-7-14(19)16(21)18-9-11-22-12-10-18/h14H,3-13H2,1-2H3. The van der Waals surface area contributed by atoms with E-state index in [2.05, 4.69) is 4.90 Å². The van der Waals surface area contributed by atoms with Gasteiger partial charge in [-0.05, 0) is 33.2 Å². The Morgan fingerprint density at radius 3 is 2.41 bits per heavy atom. The Morgan fingerprint density at radius 1 is 1.09 bits per heavy atom. The normalized spacial score (nSPS) is 23.4. The first-order valence-corrected chi connectivity index (χ1v) is 8.55. The van der Waals surface area contributed by atoms with Gasteiger partial charge in [0, 0.05) is 26.2 Å². The fraction of sp³-hybridized carbons (Fsp3) is 0.875. The zero-order valence-electron chi connectivity index (χ0n) is 13.9. The molecule has 6 nitrogen and oxygen atoms in total. The van der Waals surface area contributed by atoms with Crippen molar-refractivity contribution in [1.29, 1.82) is 0 Å². The van der Waals surface area contributed by atoms with Crippen molar-refractivity contribution in [1.82, 2.24) is 14.7 Å². The maximum absolute atomic E-state index is 12.8. The molecule has 0 aromatic heterocycles. The van der Waals surface area contributed by atoms with Crippen LogP contribution in [0.4, 0.5) is 0 Å². The first-order valence-electron chi connectivity index (χ1n) is 8.55. The average molecular weight is 311 g/mol. The SMILES string of the molecule is CCN(CC)C(=O)CN1CCCCC1C(=O)N1CCOCC1. The van der Waals surface area contributed by atoms with Crippen LogP contribution in [0.3, 0.4) is 0 Å². The Hall–Kier alpha value is -1.14. The second-order valence-corrected chi connectivity index (χ2v) is 5.99. The predicted molar refractivity (Wildman–Crippen MR) is 84.5 cm³/mol.